The maximum absolute atomic E-state index is 12.2. The molecule has 0 radical (unpaired) electrons. The number of aryl methyl sites for hydroxylation is 2. The van der Waals surface area contributed by atoms with E-state index in [-0.39, 0.29) is 5.78 Å². The van der Waals surface area contributed by atoms with Crippen LogP contribution in [0.15, 0.2) is 55.3 Å². The minimum Gasteiger partial charge on any atom is -0.306 e. The molecule has 3 rings (SSSR count). The molecule has 0 aliphatic rings. The summed E-state index contributed by atoms with van der Waals surface area (Å²) in [7, 11) is 1.86. The number of rotatable bonds is 4. The zero-order chi connectivity index (χ0) is 15.5. The molecule has 0 amide bonds. The second-order valence-electron chi connectivity index (χ2n) is 5.06. The average Bonchev–Trinajstić information content (AvgIpc) is 3.15. The number of carbonyl (C=O) groups is 1. The van der Waals surface area contributed by atoms with Gasteiger partial charge in [-0.2, -0.15) is 5.10 Å². The lowest BCUT2D eigenvalue weighted by molar-refractivity contribution is 0.104. The van der Waals surface area contributed by atoms with Crippen LogP contribution in [0.3, 0.4) is 0 Å². The summed E-state index contributed by atoms with van der Waals surface area (Å²) in [6.45, 7) is 1.92. The van der Waals surface area contributed by atoms with Crippen molar-refractivity contribution in [3.8, 4) is 5.69 Å². The van der Waals surface area contributed by atoms with Crippen LogP contribution in [0.1, 0.15) is 21.6 Å². The maximum Gasteiger partial charge on any atom is 0.185 e. The van der Waals surface area contributed by atoms with Gasteiger partial charge in [0.05, 0.1) is 12.0 Å². The van der Waals surface area contributed by atoms with Crippen LogP contribution in [0.2, 0.25) is 0 Å². The molecular formula is C17H16N4O. The van der Waals surface area contributed by atoms with Crippen LogP contribution in [0.5, 0.6) is 0 Å². The van der Waals surface area contributed by atoms with Crippen LogP contribution in [-0.2, 0) is 7.05 Å². The van der Waals surface area contributed by atoms with Gasteiger partial charge in [0.15, 0.2) is 5.78 Å². The molecule has 22 heavy (non-hydrogen) atoms. The molecule has 110 valence electrons. The third kappa shape index (κ3) is 2.88. The molecule has 0 saturated carbocycles. The van der Waals surface area contributed by atoms with Crippen molar-refractivity contribution in [3.63, 3.8) is 0 Å². The summed E-state index contributed by atoms with van der Waals surface area (Å²) in [4.78, 5) is 16.2. The first-order valence-electron chi connectivity index (χ1n) is 6.94. The Morgan fingerprint density at radius 2 is 2.00 bits per heavy atom. The van der Waals surface area contributed by atoms with Gasteiger partial charge < -0.3 is 4.57 Å². The number of nitrogens with zero attached hydrogens (tertiary/aromatic N) is 4. The van der Waals surface area contributed by atoms with Crippen LogP contribution in [-0.4, -0.2) is 25.1 Å². The van der Waals surface area contributed by atoms with Crippen molar-refractivity contribution in [1.82, 2.24) is 19.3 Å². The molecule has 5 nitrogen and oxygen atoms in total. The summed E-state index contributed by atoms with van der Waals surface area (Å²) in [5.41, 5.74) is 3.48. The molecule has 0 atom stereocenters. The van der Waals surface area contributed by atoms with Gasteiger partial charge in [-0.25, -0.2) is 4.98 Å². The Labute approximate surface area is 128 Å². The highest BCUT2D eigenvalue weighted by Gasteiger charge is 2.04. The first kappa shape index (κ1) is 14.0. The van der Waals surface area contributed by atoms with Crippen molar-refractivity contribution in [2.75, 3.05) is 0 Å². The lowest BCUT2D eigenvalue weighted by atomic mass is 10.1. The SMILES string of the molecule is Cc1nn(C)cc1/C=C/C(=O)c1ccc(-n2ccnc2)cc1. The van der Waals surface area contributed by atoms with Gasteiger partial charge in [0.25, 0.3) is 0 Å². The van der Waals surface area contributed by atoms with E-state index in [1.807, 2.05) is 55.2 Å². The van der Waals surface area contributed by atoms with Crippen molar-refractivity contribution in [2.45, 2.75) is 6.92 Å². The first-order chi connectivity index (χ1) is 10.6. The van der Waals surface area contributed by atoms with Crippen LogP contribution in [0.25, 0.3) is 11.8 Å². The number of ketones is 1. The number of hydrogen-bond donors (Lipinski definition) is 0. The third-order valence-electron chi connectivity index (χ3n) is 3.42. The van der Waals surface area contributed by atoms with Gasteiger partial charge in [0.1, 0.15) is 0 Å². The summed E-state index contributed by atoms with van der Waals surface area (Å²) < 4.78 is 3.63. The molecule has 0 spiro atoms. The van der Waals surface area contributed by atoms with E-state index in [4.69, 9.17) is 0 Å². The van der Waals surface area contributed by atoms with Crippen molar-refractivity contribution in [1.29, 1.82) is 0 Å². The topological polar surface area (TPSA) is 52.7 Å². The monoisotopic (exact) mass is 292 g/mol. The molecule has 0 aliphatic carbocycles. The number of hydrogen-bond acceptors (Lipinski definition) is 3. The first-order valence-corrected chi connectivity index (χ1v) is 6.94. The Bertz CT molecular complexity index is 811. The van der Waals surface area contributed by atoms with E-state index in [2.05, 4.69) is 10.1 Å². The van der Waals surface area contributed by atoms with Gasteiger partial charge in [-0.05, 0) is 43.3 Å². The van der Waals surface area contributed by atoms with E-state index in [9.17, 15) is 4.79 Å². The van der Waals surface area contributed by atoms with Gasteiger partial charge in [-0.1, -0.05) is 0 Å². The van der Waals surface area contributed by atoms with E-state index in [0.29, 0.717) is 5.56 Å². The van der Waals surface area contributed by atoms with Gasteiger partial charge in [-0.3, -0.25) is 9.48 Å². The molecule has 0 fully saturated rings. The minimum absolute atomic E-state index is 0.0274. The van der Waals surface area contributed by atoms with E-state index >= 15 is 0 Å². The summed E-state index contributed by atoms with van der Waals surface area (Å²) >= 11 is 0. The second-order valence-corrected chi connectivity index (χ2v) is 5.06. The average molecular weight is 292 g/mol. The Hall–Kier alpha value is -2.95. The van der Waals surface area contributed by atoms with Crippen LogP contribution >= 0.6 is 0 Å². The van der Waals surface area contributed by atoms with Crippen molar-refractivity contribution >= 4 is 11.9 Å². The molecule has 0 saturated heterocycles. The molecule has 5 heteroatoms. The van der Waals surface area contributed by atoms with Crippen LogP contribution in [0.4, 0.5) is 0 Å². The summed E-state index contributed by atoms with van der Waals surface area (Å²) in [5, 5.41) is 4.25. The summed E-state index contributed by atoms with van der Waals surface area (Å²) in [5.74, 6) is -0.0274. The van der Waals surface area contributed by atoms with Crippen molar-refractivity contribution < 1.29 is 4.79 Å². The van der Waals surface area contributed by atoms with Crippen molar-refractivity contribution in [2.24, 2.45) is 7.05 Å². The zero-order valence-electron chi connectivity index (χ0n) is 12.5. The number of carbonyl (C=O) groups excluding carboxylic acids is 1. The van der Waals surface area contributed by atoms with Crippen LogP contribution < -0.4 is 0 Å². The van der Waals surface area contributed by atoms with E-state index in [1.165, 1.54) is 0 Å². The molecule has 2 aromatic heterocycles. The third-order valence-corrected chi connectivity index (χ3v) is 3.42. The minimum atomic E-state index is -0.0274. The fourth-order valence-corrected chi connectivity index (χ4v) is 2.25. The molecule has 0 N–H and O–H groups in total. The molecule has 0 aliphatic heterocycles. The number of aromatic nitrogens is 4. The van der Waals surface area contributed by atoms with E-state index in [1.54, 1.807) is 29.4 Å². The number of imidazole rings is 1. The van der Waals surface area contributed by atoms with E-state index < -0.39 is 0 Å². The Balaban J connectivity index is 1.76. The number of allylic oxidation sites excluding steroid dienone is 1. The Morgan fingerprint density at radius 1 is 1.23 bits per heavy atom. The summed E-state index contributed by atoms with van der Waals surface area (Å²) in [6, 6.07) is 7.44. The van der Waals surface area contributed by atoms with Gasteiger partial charge >= 0.3 is 0 Å². The lowest BCUT2D eigenvalue weighted by Crippen LogP contribution is -1.96. The van der Waals surface area contributed by atoms with Gasteiger partial charge in [0, 0.05) is 42.5 Å². The highest BCUT2D eigenvalue weighted by molar-refractivity contribution is 6.06. The van der Waals surface area contributed by atoms with Gasteiger partial charge in [0.2, 0.25) is 0 Å². The highest BCUT2D eigenvalue weighted by Crippen LogP contribution is 2.12. The standard InChI is InChI=1S/C17H16N4O/c1-13-15(11-20(2)19-13)5-8-17(22)14-3-6-16(7-4-14)21-10-9-18-12-21/h3-12H,1-2H3/b8-5+. The molecule has 0 unspecified atom stereocenters. The Morgan fingerprint density at radius 3 is 2.59 bits per heavy atom. The Kier molecular flexibility index (Phi) is 3.70. The predicted molar refractivity (Wildman–Crippen MR) is 84.9 cm³/mol. The number of benzene rings is 1. The maximum atomic E-state index is 12.2. The fourth-order valence-electron chi connectivity index (χ4n) is 2.25. The lowest BCUT2D eigenvalue weighted by Gasteiger charge is -2.02. The summed E-state index contributed by atoms with van der Waals surface area (Å²) in [6.07, 6.45) is 10.6. The van der Waals surface area contributed by atoms with Crippen LogP contribution in [0, 0.1) is 6.92 Å². The molecule has 0 bridgehead atoms. The molecule has 3 aromatic rings. The van der Waals surface area contributed by atoms with E-state index in [0.717, 1.165) is 16.9 Å². The second kappa shape index (κ2) is 5.81. The zero-order valence-corrected chi connectivity index (χ0v) is 12.5. The molecule has 1 aromatic carbocycles. The fraction of sp³-hybridized carbons (Fsp3) is 0.118. The quantitative estimate of drug-likeness (QED) is 0.549. The van der Waals surface area contributed by atoms with Gasteiger partial charge in [-0.15, -0.1) is 0 Å². The smallest absolute Gasteiger partial charge is 0.185 e. The molecular weight excluding hydrogens is 276 g/mol. The largest absolute Gasteiger partial charge is 0.306 e. The predicted octanol–water partition coefficient (Wildman–Crippen LogP) is 2.81. The molecule has 2 heterocycles. The van der Waals surface area contributed by atoms with Crippen molar-refractivity contribution in [3.05, 3.63) is 72.1 Å². The normalized spacial score (nSPS) is 11.2. The highest BCUT2D eigenvalue weighted by atomic mass is 16.1.